The fourth-order valence-corrected chi connectivity index (χ4v) is 3.90. The summed E-state index contributed by atoms with van der Waals surface area (Å²) in [7, 11) is 1.64. The molecule has 1 unspecified atom stereocenters. The van der Waals surface area contributed by atoms with Crippen LogP contribution in [0.1, 0.15) is 39.7 Å². The molecule has 132 valence electrons. The van der Waals surface area contributed by atoms with Crippen molar-refractivity contribution in [2.75, 3.05) is 20.3 Å². The predicted octanol–water partition coefficient (Wildman–Crippen LogP) is 2.99. The van der Waals surface area contributed by atoms with Crippen molar-refractivity contribution in [1.29, 1.82) is 0 Å². The molecule has 0 saturated heterocycles. The molecule has 1 aliphatic heterocycles. The van der Waals surface area contributed by atoms with E-state index in [2.05, 4.69) is 5.32 Å². The zero-order valence-corrected chi connectivity index (χ0v) is 15.1. The van der Waals surface area contributed by atoms with Gasteiger partial charge in [0, 0.05) is 37.2 Å². The Labute approximate surface area is 151 Å². The normalized spacial score (nSPS) is 14.4. The Morgan fingerprint density at radius 3 is 2.88 bits per heavy atom. The van der Waals surface area contributed by atoms with E-state index in [9.17, 15) is 9.59 Å². The number of carbonyl (C=O) groups excluding carboxylic acids is 2. The standard InChI is InChI=1S/C19H22N2O3S/c1-24-10-5-9-20-18(22)12-16(17-8-4-11-25-17)21-13-14-6-2-3-7-15(14)19(21)23/h2-4,6-8,11,16H,5,9-10,12-13H2,1H3,(H,20,22). The highest BCUT2D eigenvalue weighted by Gasteiger charge is 2.34. The van der Waals surface area contributed by atoms with Crippen molar-refractivity contribution in [1.82, 2.24) is 10.2 Å². The number of carbonyl (C=O) groups is 2. The van der Waals surface area contributed by atoms with Crippen LogP contribution >= 0.6 is 11.3 Å². The summed E-state index contributed by atoms with van der Waals surface area (Å²) in [5.74, 6) is -0.0422. The second-order valence-corrected chi connectivity index (χ2v) is 7.00. The summed E-state index contributed by atoms with van der Waals surface area (Å²) < 4.78 is 4.99. The summed E-state index contributed by atoms with van der Waals surface area (Å²) in [5, 5.41) is 4.90. The molecule has 1 aliphatic rings. The number of ether oxygens (including phenoxy) is 1. The highest BCUT2D eigenvalue weighted by Crippen LogP contribution is 2.35. The van der Waals surface area contributed by atoms with E-state index < -0.39 is 0 Å². The second kappa shape index (κ2) is 8.27. The van der Waals surface area contributed by atoms with Crippen molar-refractivity contribution in [3.63, 3.8) is 0 Å². The van der Waals surface area contributed by atoms with Crippen LogP contribution in [0.25, 0.3) is 0 Å². The highest BCUT2D eigenvalue weighted by atomic mass is 32.1. The van der Waals surface area contributed by atoms with Crippen LogP contribution in [0, 0.1) is 0 Å². The van der Waals surface area contributed by atoms with Crippen LogP contribution in [-0.4, -0.2) is 37.0 Å². The quantitative estimate of drug-likeness (QED) is 0.738. The fourth-order valence-electron chi connectivity index (χ4n) is 3.07. The minimum absolute atomic E-state index is 0.00110. The van der Waals surface area contributed by atoms with Crippen LogP contribution in [0.3, 0.4) is 0 Å². The number of amides is 2. The van der Waals surface area contributed by atoms with Gasteiger partial charge >= 0.3 is 0 Å². The van der Waals surface area contributed by atoms with Crippen LogP contribution in [0.2, 0.25) is 0 Å². The minimum Gasteiger partial charge on any atom is -0.385 e. The van der Waals surface area contributed by atoms with Gasteiger partial charge in [0.25, 0.3) is 5.91 Å². The summed E-state index contributed by atoms with van der Waals surface area (Å²) >= 11 is 1.58. The van der Waals surface area contributed by atoms with E-state index in [1.807, 2.05) is 46.7 Å². The van der Waals surface area contributed by atoms with Gasteiger partial charge in [0.1, 0.15) is 0 Å². The number of hydrogen-bond acceptors (Lipinski definition) is 4. The van der Waals surface area contributed by atoms with Crippen molar-refractivity contribution < 1.29 is 14.3 Å². The van der Waals surface area contributed by atoms with E-state index in [1.165, 1.54) is 0 Å². The molecule has 1 atom stereocenters. The van der Waals surface area contributed by atoms with Gasteiger partial charge in [0.2, 0.25) is 5.91 Å². The van der Waals surface area contributed by atoms with Gasteiger partial charge in [-0.05, 0) is 29.5 Å². The summed E-state index contributed by atoms with van der Waals surface area (Å²) in [6.45, 7) is 1.75. The smallest absolute Gasteiger partial charge is 0.255 e. The summed E-state index contributed by atoms with van der Waals surface area (Å²) in [6, 6.07) is 11.4. The molecular weight excluding hydrogens is 336 g/mol. The maximum atomic E-state index is 12.8. The molecule has 0 bridgehead atoms. The van der Waals surface area contributed by atoms with Gasteiger partial charge in [-0.25, -0.2) is 0 Å². The lowest BCUT2D eigenvalue weighted by molar-refractivity contribution is -0.122. The van der Waals surface area contributed by atoms with Crippen molar-refractivity contribution in [3.05, 3.63) is 57.8 Å². The van der Waals surface area contributed by atoms with E-state index in [1.54, 1.807) is 18.4 Å². The Morgan fingerprint density at radius 2 is 2.16 bits per heavy atom. The first-order chi connectivity index (χ1) is 12.2. The van der Waals surface area contributed by atoms with Crippen molar-refractivity contribution in [2.45, 2.75) is 25.4 Å². The third kappa shape index (κ3) is 4.08. The third-order valence-corrected chi connectivity index (χ3v) is 5.30. The molecule has 25 heavy (non-hydrogen) atoms. The third-order valence-electron chi connectivity index (χ3n) is 4.32. The van der Waals surface area contributed by atoms with Crippen LogP contribution in [0.5, 0.6) is 0 Å². The first kappa shape index (κ1) is 17.6. The van der Waals surface area contributed by atoms with E-state index in [0.29, 0.717) is 19.7 Å². The molecule has 0 spiro atoms. The van der Waals surface area contributed by atoms with Crippen LogP contribution in [0.4, 0.5) is 0 Å². The van der Waals surface area contributed by atoms with Crippen molar-refractivity contribution >= 4 is 23.2 Å². The average molecular weight is 358 g/mol. The number of nitrogens with one attached hydrogen (secondary N) is 1. The predicted molar refractivity (Wildman–Crippen MR) is 97.5 cm³/mol. The lowest BCUT2D eigenvalue weighted by Gasteiger charge is -2.26. The summed E-state index contributed by atoms with van der Waals surface area (Å²) in [4.78, 5) is 28.0. The van der Waals surface area contributed by atoms with Gasteiger partial charge in [-0.2, -0.15) is 0 Å². The molecule has 2 heterocycles. The zero-order chi connectivity index (χ0) is 17.6. The molecule has 1 N–H and O–H groups in total. The van der Waals surface area contributed by atoms with E-state index in [4.69, 9.17) is 4.74 Å². The van der Waals surface area contributed by atoms with Crippen LogP contribution in [0.15, 0.2) is 41.8 Å². The van der Waals surface area contributed by atoms with Gasteiger partial charge in [-0.15, -0.1) is 11.3 Å². The molecule has 0 aliphatic carbocycles. The molecule has 6 heteroatoms. The van der Waals surface area contributed by atoms with Gasteiger partial charge in [0.15, 0.2) is 0 Å². The first-order valence-electron chi connectivity index (χ1n) is 8.38. The Morgan fingerprint density at radius 1 is 1.32 bits per heavy atom. The minimum atomic E-state index is -0.234. The largest absolute Gasteiger partial charge is 0.385 e. The summed E-state index contributed by atoms with van der Waals surface area (Å²) in [6.07, 6.45) is 1.05. The molecule has 2 amide bonds. The molecule has 1 aromatic heterocycles. The SMILES string of the molecule is COCCCNC(=O)CC(c1cccs1)N1Cc2ccccc2C1=O. The van der Waals surface area contributed by atoms with Gasteiger partial charge in [-0.3, -0.25) is 9.59 Å². The maximum Gasteiger partial charge on any atom is 0.255 e. The fraction of sp³-hybridized carbons (Fsp3) is 0.368. The molecular formula is C19H22N2O3S. The summed E-state index contributed by atoms with van der Waals surface area (Å²) in [5.41, 5.74) is 1.76. The Balaban J connectivity index is 1.72. The monoisotopic (exact) mass is 358 g/mol. The molecule has 0 saturated carbocycles. The molecule has 1 aromatic carbocycles. The number of methoxy groups -OCH3 is 1. The van der Waals surface area contributed by atoms with Crippen LogP contribution in [-0.2, 0) is 16.1 Å². The average Bonchev–Trinajstić information content (AvgIpc) is 3.26. The van der Waals surface area contributed by atoms with E-state index in [0.717, 1.165) is 22.4 Å². The number of benzene rings is 1. The Bertz CT molecular complexity index is 730. The highest BCUT2D eigenvalue weighted by molar-refractivity contribution is 7.10. The van der Waals surface area contributed by atoms with Gasteiger partial charge in [0.05, 0.1) is 12.5 Å². The number of hydrogen-bond donors (Lipinski definition) is 1. The lowest BCUT2D eigenvalue weighted by Crippen LogP contribution is -2.34. The van der Waals surface area contributed by atoms with Crippen LogP contribution < -0.4 is 5.32 Å². The Kier molecular flexibility index (Phi) is 5.83. The van der Waals surface area contributed by atoms with Gasteiger partial charge < -0.3 is 15.0 Å². The van der Waals surface area contributed by atoms with E-state index >= 15 is 0 Å². The molecule has 2 aromatic rings. The van der Waals surface area contributed by atoms with E-state index in [-0.39, 0.29) is 24.3 Å². The number of nitrogens with zero attached hydrogens (tertiary/aromatic N) is 1. The zero-order valence-electron chi connectivity index (χ0n) is 14.2. The maximum absolute atomic E-state index is 12.8. The first-order valence-corrected chi connectivity index (χ1v) is 9.26. The molecule has 5 nitrogen and oxygen atoms in total. The van der Waals surface area contributed by atoms with Crippen molar-refractivity contribution in [2.24, 2.45) is 0 Å². The Hall–Kier alpha value is -2.18. The number of thiophene rings is 1. The molecule has 0 fully saturated rings. The van der Waals surface area contributed by atoms with Crippen molar-refractivity contribution in [3.8, 4) is 0 Å². The lowest BCUT2D eigenvalue weighted by atomic mass is 10.1. The molecule has 3 rings (SSSR count). The van der Waals surface area contributed by atoms with Gasteiger partial charge in [-0.1, -0.05) is 24.3 Å². The topological polar surface area (TPSA) is 58.6 Å². The number of fused-ring (bicyclic) bond motifs is 1. The molecule has 0 radical (unpaired) electrons. The number of rotatable bonds is 8. The second-order valence-electron chi connectivity index (χ2n) is 6.02.